The van der Waals surface area contributed by atoms with Crippen LogP contribution in [-0.4, -0.2) is 16.8 Å². The molecular formula is C11H15ClN2O2. The van der Waals surface area contributed by atoms with Gasteiger partial charge in [-0.05, 0) is 12.0 Å². The first-order valence-corrected chi connectivity index (χ1v) is 5.65. The van der Waals surface area contributed by atoms with Gasteiger partial charge in [-0.1, -0.05) is 19.1 Å². The van der Waals surface area contributed by atoms with Crippen LogP contribution in [-0.2, 0) is 6.54 Å². The highest BCUT2D eigenvalue weighted by atomic mass is 35.5. The largest absolute Gasteiger partial charge is 0.311 e. The van der Waals surface area contributed by atoms with Gasteiger partial charge in [-0.25, -0.2) is 0 Å². The van der Waals surface area contributed by atoms with Crippen LogP contribution in [0, 0.1) is 10.1 Å². The Balaban J connectivity index is 2.40. The summed E-state index contributed by atoms with van der Waals surface area (Å²) < 4.78 is 0. The Morgan fingerprint density at radius 1 is 1.44 bits per heavy atom. The van der Waals surface area contributed by atoms with Gasteiger partial charge in [-0.15, -0.1) is 11.6 Å². The number of benzene rings is 1. The van der Waals surface area contributed by atoms with E-state index in [4.69, 9.17) is 11.6 Å². The van der Waals surface area contributed by atoms with Crippen molar-refractivity contribution in [3.05, 3.63) is 39.9 Å². The summed E-state index contributed by atoms with van der Waals surface area (Å²) in [5.41, 5.74) is 1.14. The van der Waals surface area contributed by atoms with Crippen molar-refractivity contribution >= 4 is 17.3 Å². The smallest absolute Gasteiger partial charge is 0.269 e. The van der Waals surface area contributed by atoms with Crippen molar-refractivity contribution in [3.8, 4) is 0 Å². The molecule has 0 saturated carbocycles. The van der Waals surface area contributed by atoms with Crippen LogP contribution in [0.1, 0.15) is 18.9 Å². The molecule has 0 fully saturated rings. The SMILES string of the molecule is CC[C@@H](Cl)CNCc1ccc([N+](=O)[O-])cc1. The van der Waals surface area contributed by atoms with Crippen LogP contribution in [0.5, 0.6) is 0 Å². The van der Waals surface area contributed by atoms with Gasteiger partial charge in [-0.2, -0.15) is 0 Å². The monoisotopic (exact) mass is 242 g/mol. The summed E-state index contributed by atoms with van der Waals surface area (Å²) in [7, 11) is 0. The molecule has 0 radical (unpaired) electrons. The number of non-ortho nitro benzene ring substituents is 1. The van der Waals surface area contributed by atoms with E-state index in [2.05, 4.69) is 5.32 Å². The van der Waals surface area contributed by atoms with E-state index in [1.807, 2.05) is 6.92 Å². The van der Waals surface area contributed by atoms with Gasteiger partial charge in [0.1, 0.15) is 0 Å². The Kier molecular flexibility index (Phi) is 5.22. The number of nitro benzene ring substituents is 1. The lowest BCUT2D eigenvalue weighted by Gasteiger charge is -2.08. The summed E-state index contributed by atoms with van der Waals surface area (Å²) in [6.07, 6.45) is 0.925. The standard InChI is InChI=1S/C11H15ClN2O2/c1-2-10(12)8-13-7-9-3-5-11(6-4-9)14(15)16/h3-6,10,13H,2,7-8H2,1H3/t10-/m1/s1. The number of nitrogens with one attached hydrogen (secondary N) is 1. The number of halogens is 1. The number of alkyl halides is 1. The first-order chi connectivity index (χ1) is 7.63. The second-order valence-electron chi connectivity index (χ2n) is 3.56. The molecule has 1 atom stereocenters. The molecule has 0 aliphatic carbocycles. The number of nitro groups is 1. The van der Waals surface area contributed by atoms with E-state index < -0.39 is 4.92 Å². The number of hydrogen-bond donors (Lipinski definition) is 1. The molecule has 0 spiro atoms. The van der Waals surface area contributed by atoms with Crippen LogP contribution >= 0.6 is 11.6 Å². The Labute approximate surface area is 99.8 Å². The molecule has 0 saturated heterocycles. The van der Waals surface area contributed by atoms with Gasteiger partial charge in [0.25, 0.3) is 5.69 Å². The first kappa shape index (κ1) is 12.9. The predicted molar refractivity (Wildman–Crippen MR) is 64.7 cm³/mol. The molecule has 0 aliphatic rings. The minimum absolute atomic E-state index is 0.118. The zero-order valence-electron chi connectivity index (χ0n) is 9.15. The number of nitrogens with zero attached hydrogens (tertiary/aromatic N) is 1. The van der Waals surface area contributed by atoms with Crippen molar-refractivity contribution in [1.29, 1.82) is 0 Å². The molecule has 0 unspecified atom stereocenters. The van der Waals surface area contributed by atoms with Gasteiger partial charge < -0.3 is 5.32 Å². The predicted octanol–water partition coefficient (Wildman–Crippen LogP) is 2.70. The average molecular weight is 243 g/mol. The fraction of sp³-hybridized carbons (Fsp3) is 0.455. The molecule has 0 heterocycles. The fourth-order valence-electron chi connectivity index (χ4n) is 1.25. The van der Waals surface area contributed by atoms with Crippen molar-refractivity contribution in [2.45, 2.75) is 25.3 Å². The highest BCUT2D eigenvalue weighted by Gasteiger charge is 2.04. The lowest BCUT2D eigenvalue weighted by atomic mass is 10.2. The van der Waals surface area contributed by atoms with Crippen LogP contribution in [0.4, 0.5) is 5.69 Å². The zero-order chi connectivity index (χ0) is 12.0. The molecule has 4 nitrogen and oxygen atoms in total. The second-order valence-corrected chi connectivity index (χ2v) is 4.18. The summed E-state index contributed by atoms with van der Waals surface area (Å²) in [6, 6.07) is 6.52. The summed E-state index contributed by atoms with van der Waals surface area (Å²) in [5.74, 6) is 0. The van der Waals surface area contributed by atoms with E-state index in [1.165, 1.54) is 12.1 Å². The molecule has 0 aliphatic heterocycles. The third-order valence-corrected chi connectivity index (χ3v) is 2.75. The second kappa shape index (κ2) is 6.45. The first-order valence-electron chi connectivity index (χ1n) is 5.21. The summed E-state index contributed by atoms with van der Waals surface area (Å²) >= 11 is 5.95. The lowest BCUT2D eigenvalue weighted by molar-refractivity contribution is -0.384. The molecule has 0 aromatic heterocycles. The number of rotatable bonds is 6. The minimum atomic E-state index is -0.400. The molecule has 0 amide bonds. The normalized spacial score (nSPS) is 12.4. The molecule has 16 heavy (non-hydrogen) atoms. The van der Waals surface area contributed by atoms with Crippen LogP contribution in [0.25, 0.3) is 0 Å². The maximum Gasteiger partial charge on any atom is 0.269 e. The maximum atomic E-state index is 10.4. The quantitative estimate of drug-likeness (QED) is 0.474. The van der Waals surface area contributed by atoms with Crippen molar-refractivity contribution < 1.29 is 4.92 Å². The van der Waals surface area contributed by atoms with Gasteiger partial charge in [0.05, 0.1) is 4.92 Å². The molecule has 1 N–H and O–H groups in total. The Morgan fingerprint density at radius 3 is 2.56 bits per heavy atom. The third-order valence-electron chi connectivity index (χ3n) is 2.29. The Bertz CT molecular complexity index is 340. The molecule has 5 heteroatoms. The fourth-order valence-corrected chi connectivity index (χ4v) is 1.36. The van der Waals surface area contributed by atoms with Gasteiger partial charge in [-0.3, -0.25) is 10.1 Å². The van der Waals surface area contributed by atoms with Crippen molar-refractivity contribution in [2.75, 3.05) is 6.54 Å². The molecular weight excluding hydrogens is 228 g/mol. The zero-order valence-corrected chi connectivity index (χ0v) is 9.91. The number of hydrogen-bond acceptors (Lipinski definition) is 3. The Hall–Kier alpha value is -1.13. The summed E-state index contributed by atoms with van der Waals surface area (Å²) in [5, 5.41) is 13.8. The van der Waals surface area contributed by atoms with Gasteiger partial charge in [0, 0.05) is 30.6 Å². The molecule has 0 bridgehead atoms. The van der Waals surface area contributed by atoms with E-state index >= 15 is 0 Å². The van der Waals surface area contributed by atoms with Gasteiger partial charge >= 0.3 is 0 Å². The van der Waals surface area contributed by atoms with E-state index in [9.17, 15) is 10.1 Å². The average Bonchev–Trinajstić information content (AvgIpc) is 2.29. The van der Waals surface area contributed by atoms with E-state index in [-0.39, 0.29) is 11.1 Å². The topological polar surface area (TPSA) is 55.2 Å². The Morgan fingerprint density at radius 2 is 2.06 bits per heavy atom. The van der Waals surface area contributed by atoms with Crippen molar-refractivity contribution in [3.63, 3.8) is 0 Å². The third kappa shape index (κ3) is 4.16. The van der Waals surface area contributed by atoms with Crippen LogP contribution < -0.4 is 5.32 Å². The highest BCUT2D eigenvalue weighted by Crippen LogP contribution is 2.11. The lowest BCUT2D eigenvalue weighted by Crippen LogP contribution is -2.22. The van der Waals surface area contributed by atoms with E-state index in [0.717, 1.165) is 18.5 Å². The van der Waals surface area contributed by atoms with Gasteiger partial charge in [0.15, 0.2) is 0 Å². The van der Waals surface area contributed by atoms with Gasteiger partial charge in [0.2, 0.25) is 0 Å². The maximum absolute atomic E-state index is 10.4. The highest BCUT2D eigenvalue weighted by molar-refractivity contribution is 6.20. The molecule has 1 aromatic rings. The van der Waals surface area contributed by atoms with Crippen molar-refractivity contribution in [2.24, 2.45) is 0 Å². The molecule has 1 rings (SSSR count). The summed E-state index contributed by atoms with van der Waals surface area (Å²) in [4.78, 5) is 10.0. The molecule has 1 aromatic carbocycles. The summed E-state index contributed by atoms with van der Waals surface area (Å²) in [6.45, 7) is 3.46. The minimum Gasteiger partial charge on any atom is -0.311 e. The van der Waals surface area contributed by atoms with E-state index in [1.54, 1.807) is 12.1 Å². The van der Waals surface area contributed by atoms with Crippen LogP contribution in [0.15, 0.2) is 24.3 Å². The van der Waals surface area contributed by atoms with Crippen molar-refractivity contribution in [1.82, 2.24) is 5.32 Å². The van der Waals surface area contributed by atoms with Crippen LogP contribution in [0.2, 0.25) is 0 Å². The van der Waals surface area contributed by atoms with E-state index in [0.29, 0.717) is 6.54 Å². The molecule has 88 valence electrons. The van der Waals surface area contributed by atoms with Crippen LogP contribution in [0.3, 0.4) is 0 Å².